The van der Waals surface area contributed by atoms with Crippen molar-refractivity contribution in [1.29, 1.82) is 0 Å². The molecule has 2 aromatic carbocycles. The third-order valence-corrected chi connectivity index (χ3v) is 5.17. The Morgan fingerprint density at radius 2 is 1.51 bits per heavy atom. The van der Waals surface area contributed by atoms with Gasteiger partial charge in [0, 0.05) is 20.1 Å². The van der Waals surface area contributed by atoms with E-state index in [9.17, 15) is 35.5 Å². The van der Waals surface area contributed by atoms with Gasteiger partial charge in [-0.3, -0.25) is 4.79 Å². The Hall–Kier alpha value is -3.94. The summed E-state index contributed by atoms with van der Waals surface area (Å²) in [6.07, 6.45) is -9.01. The zero-order chi connectivity index (χ0) is 29.0. The Bertz CT molecular complexity index is 1260. The van der Waals surface area contributed by atoms with Gasteiger partial charge in [-0.25, -0.2) is 9.37 Å². The first-order valence-corrected chi connectivity index (χ1v) is 11.3. The average molecular weight is 560 g/mol. The Morgan fingerprint density at radius 1 is 0.923 bits per heavy atom. The molecule has 39 heavy (non-hydrogen) atoms. The third kappa shape index (κ3) is 8.27. The molecular weight excluding hydrogens is 537 g/mol. The number of alkyl halides is 6. The minimum Gasteiger partial charge on any atom is -0.462 e. The van der Waals surface area contributed by atoms with Crippen LogP contribution in [0.4, 0.5) is 30.7 Å². The van der Waals surface area contributed by atoms with E-state index in [-0.39, 0.29) is 35.9 Å². The molecular formula is C25H23F7N4O3. The van der Waals surface area contributed by atoms with Crippen LogP contribution in [-0.4, -0.2) is 60.0 Å². The van der Waals surface area contributed by atoms with E-state index in [1.54, 1.807) is 0 Å². The third-order valence-electron chi connectivity index (χ3n) is 5.17. The fourth-order valence-corrected chi connectivity index (χ4v) is 3.24. The van der Waals surface area contributed by atoms with Gasteiger partial charge in [0.25, 0.3) is 5.91 Å². The van der Waals surface area contributed by atoms with Gasteiger partial charge in [0.2, 0.25) is 5.88 Å². The van der Waals surface area contributed by atoms with Gasteiger partial charge in [-0.05, 0) is 62.1 Å². The first kappa shape index (κ1) is 29.6. The Labute approximate surface area is 218 Å². The maximum Gasteiger partial charge on any atom is 0.416 e. The summed E-state index contributed by atoms with van der Waals surface area (Å²) in [7, 11) is 4.80. The fraction of sp³-hybridized carbons (Fsp3) is 0.320. The lowest BCUT2D eigenvalue weighted by atomic mass is 10.0. The van der Waals surface area contributed by atoms with Gasteiger partial charge in [0.1, 0.15) is 23.7 Å². The summed E-state index contributed by atoms with van der Waals surface area (Å²) < 4.78 is 104. The number of hydrogen-bond donors (Lipinski definition) is 0. The van der Waals surface area contributed by atoms with Gasteiger partial charge in [-0.1, -0.05) is 0 Å². The lowest BCUT2D eigenvalue weighted by Crippen LogP contribution is -2.27. The monoisotopic (exact) mass is 560 g/mol. The minimum absolute atomic E-state index is 0.00280. The lowest BCUT2D eigenvalue weighted by molar-refractivity contribution is -0.143. The second-order valence-corrected chi connectivity index (χ2v) is 8.65. The highest BCUT2D eigenvalue weighted by Crippen LogP contribution is 2.36. The molecule has 1 amide bonds. The van der Waals surface area contributed by atoms with Crippen LogP contribution >= 0.6 is 0 Å². The smallest absolute Gasteiger partial charge is 0.416 e. The molecule has 0 bridgehead atoms. The molecule has 0 N–H and O–H groups in total. The van der Waals surface area contributed by atoms with Gasteiger partial charge in [0.15, 0.2) is 0 Å². The largest absolute Gasteiger partial charge is 0.462 e. The summed E-state index contributed by atoms with van der Waals surface area (Å²) in [5, 5.41) is 0. The molecule has 0 fully saturated rings. The quantitative estimate of drug-likeness (QED) is 0.315. The molecule has 0 atom stereocenters. The van der Waals surface area contributed by atoms with Crippen LogP contribution in [0.5, 0.6) is 17.6 Å². The zero-order valence-electron chi connectivity index (χ0n) is 20.9. The molecule has 0 aliphatic rings. The highest BCUT2D eigenvalue weighted by atomic mass is 19.4. The SMILES string of the molecule is CN(C)CCOc1ncc(C(=O)N(C)Cc2cc(C(F)(F)F)cc(C(F)(F)F)c2)c(Oc2ccc(F)cc2)n1. The maximum atomic E-state index is 13.3. The summed E-state index contributed by atoms with van der Waals surface area (Å²) in [5.74, 6) is -1.63. The molecule has 210 valence electrons. The lowest BCUT2D eigenvalue weighted by Gasteiger charge is -2.21. The van der Waals surface area contributed by atoms with Crippen LogP contribution in [0.2, 0.25) is 0 Å². The van der Waals surface area contributed by atoms with Gasteiger partial charge in [0.05, 0.1) is 17.3 Å². The van der Waals surface area contributed by atoms with Crippen molar-refractivity contribution < 1.29 is 45.0 Å². The average Bonchev–Trinajstić information content (AvgIpc) is 2.84. The number of benzene rings is 2. The van der Waals surface area contributed by atoms with Crippen LogP contribution in [-0.2, 0) is 18.9 Å². The van der Waals surface area contributed by atoms with Gasteiger partial charge in [-0.15, -0.1) is 0 Å². The number of carbonyl (C=O) groups excluding carboxylic acids is 1. The predicted molar refractivity (Wildman–Crippen MR) is 125 cm³/mol. The van der Waals surface area contributed by atoms with Crippen molar-refractivity contribution in [3.8, 4) is 17.6 Å². The Kier molecular flexibility index (Phi) is 8.99. The van der Waals surface area contributed by atoms with E-state index in [0.29, 0.717) is 18.7 Å². The summed E-state index contributed by atoms with van der Waals surface area (Å²) in [5.41, 5.74) is -3.67. The fourth-order valence-electron chi connectivity index (χ4n) is 3.24. The number of nitrogens with zero attached hydrogens (tertiary/aromatic N) is 4. The highest BCUT2D eigenvalue weighted by molar-refractivity contribution is 5.96. The number of ether oxygens (including phenoxy) is 2. The molecule has 1 heterocycles. The van der Waals surface area contributed by atoms with E-state index in [1.165, 1.54) is 19.2 Å². The minimum atomic E-state index is -5.04. The van der Waals surface area contributed by atoms with Crippen molar-refractivity contribution >= 4 is 5.91 Å². The number of hydrogen-bond acceptors (Lipinski definition) is 6. The normalized spacial score (nSPS) is 12.0. The standard InChI is InChI=1S/C25H23F7N4O3/c1-35(2)8-9-38-23-33-13-20(21(34-23)39-19-6-4-18(26)5-7-19)22(37)36(3)14-15-10-16(24(27,28)29)12-17(11-15)25(30,31)32/h4-7,10-13H,8-9,14H2,1-3H3. The van der Waals surface area contributed by atoms with Crippen LogP contribution in [0.3, 0.4) is 0 Å². The van der Waals surface area contributed by atoms with Crippen LogP contribution in [0.15, 0.2) is 48.7 Å². The number of amides is 1. The number of rotatable bonds is 9. The van der Waals surface area contributed by atoms with Crippen molar-refractivity contribution in [3.63, 3.8) is 0 Å². The van der Waals surface area contributed by atoms with Crippen molar-refractivity contribution in [1.82, 2.24) is 19.8 Å². The molecule has 7 nitrogen and oxygen atoms in total. The van der Waals surface area contributed by atoms with Crippen molar-refractivity contribution in [3.05, 3.63) is 76.7 Å². The number of halogens is 7. The second kappa shape index (κ2) is 11.8. The molecule has 3 rings (SSSR count). The molecule has 0 saturated heterocycles. The van der Waals surface area contributed by atoms with E-state index in [4.69, 9.17) is 9.47 Å². The van der Waals surface area contributed by atoms with E-state index in [2.05, 4.69) is 9.97 Å². The molecule has 0 aliphatic carbocycles. The first-order valence-electron chi connectivity index (χ1n) is 11.3. The van der Waals surface area contributed by atoms with Gasteiger partial charge >= 0.3 is 18.4 Å². The van der Waals surface area contributed by atoms with Crippen molar-refractivity contribution in [2.45, 2.75) is 18.9 Å². The molecule has 0 unspecified atom stereocenters. The number of likely N-dealkylation sites (N-methyl/N-ethyl adjacent to an activating group) is 1. The maximum absolute atomic E-state index is 13.3. The van der Waals surface area contributed by atoms with E-state index >= 15 is 0 Å². The number of aromatic nitrogens is 2. The van der Waals surface area contributed by atoms with E-state index in [1.807, 2.05) is 19.0 Å². The summed E-state index contributed by atoms with van der Waals surface area (Å²) in [6.45, 7) is 0.0913. The Morgan fingerprint density at radius 3 is 2.05 bits per heavy atom. The topological polar surface area (TPSA) is 67.8 Å². The summed E-state index contributed by atoms with van der Waals surface area (Å²) in [6, 6.07) is 5.66. The van der Waals surface area contributed by atoms with Crippen molar-refractivity contribution in [2.75, 3.05) is 34.3 Å². The molecule has 0 saturated carbocycles. The van der Waals surface area contributed by atoms with Crippen LogP contribution < -0.4 is 9.47 Å². The highest BCUT2D eigenvalue weighted by Gasteiger charge is 2.37. The molecule has 1 aromatic heterocycles. The van der Waals surface area contributed by atoms with Crippen LogP contribution in [0, 0.1) is 5.82 Å². The summed E-state index contributed by atoms with van der Waals surface area (Å²) >= 11 is 0. The predicted octanol–water partition coefficient (Wildman–Crippen LogP) is 5.66. The van der Waals surface area contributed by atoms with Gasteiger partial charge < -0.3 is 19.3 Å². The second-order valence-electron chi connectivity index (χ2n) is 8.65. The zero-order valence-corrected chi connectivity index (χ0v) is 20.9. The number of carbonyl (C=O) groups is 1. The summed E-state index contributed by atoms with van der Waals surface area (Å²) in [4.78, 5) is 24.0. The molecule has 0 aliphatic heterocycles. The Balaban J connectivity index is 1.92. The molecule has 14 heteroatoms. The van der Waals surface area contributed by atoms with Crippen LogP contribution in [0.1, 0.15) is 27.0 Å². The van der Waals surface area contributed by atoms with Crippen LogP contribution in [0.25, 0.3) is 0 Å². The van der Waals surface area contributed by atoms with Gasteiger partial charge in [-0.2, -0.15) is 31.3 Å². The first-order chi connectivity index (χ1) is 18.1. The van der Waals surface area contributed by atoms with E-state index in [0.717, 1.165) is 23.2 Å². The van der Waals surface area contributed by atoms with E-state index < -0.39 is 47.3 Å². The molecule has 0 radical (unpaired) electrons. The molecule has 0 spiro atoms. The molecule has 3 aromatic rings. The van der Waals surface area contributed by atoms with Crippen molar-refractivity contribution in [2.24, 2.45) is 0 Å².